The molecule has 3 N–H and O–H groups in total. The fraction of sp³-hybridized carbons (Fsp3) is 0.333. The third-order valence-corrected chi connectivity index (χ3v) is 7.42. The number of piperazine rings is 1. The van der Waals surface area contributed by atoms with Crippen LogP contribution >= 0.6 is 0 Å². The molecule has 1 saturated heterocycles. The predicted molar refractivity (Wildman–Crippen MR) is 180 cm³/mol. The molecule has 0 saturated carbocycles. The van der Waals surface area contributed by atoms with Crippen LogP contribution in [0.15, 0.2) is 78.9 Å². The van der Waals surface area contributed by atoms with E-state index in [0.29, 0.717) is 95.6 Å². The summed E-state index contributed by atoms with van der Waals surface area (Å²) in [4.78, 5) is 40.7. The summed E-state index contributed by atoms with van der Waals surface area (Å²) in [6.45, 7) is 5.30. The van der Waals surface area contributed by atoms with Crippen LogP contribution in [-0.4, -0.2) is 91.5 Å². The van der Waals surface area contributed by atoms with E-state index in [4.69, 9.17) is 9.47 Å². The molecule has 15 heteroatoms. The number of hydrogen-bond donors (Lipinski definition) is 3. The number of carbonyl (C=O) groups is 1. The summed E-state index contributed by atoms with van der Waals surface area (Å²) in [6.07, 6.45) is 0. The average Bonchev–Trinajstić information content (AvgIpc) is 3.12. The first-order chi connectivity index (χ1) is 23.4. The van der Waals surface area contributed by atoms with Crippen molar-refractivity contribution in [3.8, 4) is 0 Å². The van der Waals surface area contributed by atoms with E-state index in [1.807, 2.05) is 24.3 Å². The molecular weight excluding hydrogens is 621 g/mol. The van der Waals surface area contributed by atoms with Gasteiger partial charge < -0.3 is 35.2 Å². The lowest BCUT2D eigenvalue weighted by molar-refractivity contribution is -0.384. The lowest BCUT2D eigenvalue weighted by Gasteiger charge is -2.36. The molecule has 0 atom stereocenters. The number of benzene rings is 3. The monoisotopic (exact) mass is 659 g/mol. The fourth-order valence-electron chi connectivity index (χ4n) is 4.93. The lowest BCUT2D eigenvalue weighted by Crippen LogP contribution is -2.47. The number of ether oxygens (including phenoxy) is 2. The molecular formula is C33H38FN9O5. The third-order valence-electron chi connectivity index (χ3n) is 7.42. The SMILES string of the molecule is O=C(NCCOCCOCCNc1nc(NCc2cccc(F)c2)nc(N2CCN(c3ccc([N+](=O)[O-])cc3)CC2)n1)c1ccccc1. The number of amides is 1. The van der Waals surface area contributed by atoms with Gasteiger partial charge in [0.1, 0.15) is 5.82 Å². The molecule has 0 radical (unpaired) electrons. The molecule has 0 spiro atoms. The van der Waals surface area contributed by atoms with Gasteiger partial charge in [-0.2, -0.15) is 15.0 Å². The van der Waals surface area contributed by atoms with Gasteiger partial charge in [0.2, 0.25) is 17.8 Å². The van der Waals surface area contributed by atoms with Gasteiger partial charge >= 0.3 is 0 Å². The lowest BCUT2D eigenvalue weighted by atomic mass is 10.2. The number of aromatic nitrogens is 3. The first-order valence-corrected chi connectivity index (χ1v) is 15.7. The van der Waals surface area contributed by atoms with Crippen LogP contribution < -0.4 is 25.8 Å². The van der Waals surface area contributed by atoms with E-state index in [0.717, 1.165) is 11.3 Å². The van der Waals surface area contributed by atoms with Crippen LogP contribution in [-0.2, 0) is 16.0 Å². The Balaban J connectivity index is 1.08. The Morgan fingerprint density at radius 3 is 2.15 bits per heavy atom. The van der Waals surface area contributed by atoms with Gasteiger partial charge in [0.25, 0.3) is 11.6 Å². The predicted octanol–water partition coefficient (Wildman–Crippen LogP) is 3.73. The highest BCUT2D eigenvalue weighted by Crippen LogP contribution is 2.23. The highest BCUT2D eigenvalue weighted by atomic mass is 19.1. The quantitative estimate of drug-likeness (QED) is 0.0858. The van der Waals surface area contributed by atoms with Crippen LogP contribution in [0.4, 0.5) is 33.6 Å². The van der Waals surface area contributed by atoms with E-state index in [2.05, 4.69) is 40.7 Å². The van der Waals surface area contributed by atoms with Crippen molar-refractivity contribution in [1.29, 1.82) is 0 Å². The Morgan fingerprint density at radius 1 is 0.792 bits per heavy atom. The third kappa shape index (κ3) is 10.3. The van der Waals surface area contributed by atoms with Crippen molar-refractivity contribution in [3.05, 3.63) is 106 Å². The summed E-state index contributed by atoms with van der Waals surface area (Å²) in [5, 5.41) is 20.2. The van der Waals surface area contributed by atoms with E-state index in [1.165, 1.54) is 24.3 Å². The van der Waals surface area contributed by atoms with Gasteiger partial charge in [0.15, 0.2) is 0 Å². The second kappa shape index (κ2) is 17.5. The highest BCUT2D eigenvalue weighted by molar-refractivity contribution is 5.94. The molecule has 4 aromatic rings. The van der Waals surface area contributed by atoms with E-state index in [9.17, 15) is 19.3 Å². The van der Waals surface area contributed by atoms with Gasteiger partial charge in [-0.05, 0) is 42.0 Å². The molecule has 0 bridgehead atoms. The molecule has 252 valence electrons. The second-order valence-electron chi connectivity index (χ2n) is 10.8. The molecule has 1 aromatic heterocycles. The molecule has 14 nitrogen and oxygen atoms in total. The van der Waals surface area contributed by atoms with Gasteiger partial charge in [-0.15, -0.1) is 0 Å². The normalized spacial score (nSPS) is 12.9. The van der Waals surface area contributed by atoms with Crippen LogP contribution in [0, 0.1) is 15.9 Å². The molecule has 1 fully saturated rings. The smallest absolute Gasteiger partial charge is 0.269 e. The molecule has 5 rings (SSSR count). The van der Waals surface area contributed by atoms with Gasteiger partial charge in [-0.25, -0.2) is 4.39 Å². The van der Waals surface area contributed by atoms with Gasteiger partial charge in [0.05, 0.1) is 31.4 Å². The van der Waals surface area contributed by atoms with Crippen LogP contribution in [0.3, 0.4) is 0 Å². The molecule has 2 heterocycles. The van der Waals surface area contributed by atoms with E-state index in [-0.39, 0.29) is 17.4 Å². The first-order valence-electron chi connectivity index (χ1n) is 15.7. The molecule has 1 aliphatic rings. The van der Waals surface area contributed by atoms with E-state index in [1.54, 1.807) is 30.3 Å². The number of carbonyl (C=O) groups excluding carboxylic acids is 1. The van der Waals surface area contributed by atoms with Crippen molar-refractivity contribution in [1.82, 2.24) is 20.3 Å². The minimum absolute atomic E-state index is 0.0565. The molecule has 1 amide bonds. The maximum Gasteiger partial charge on any atom is 0.269 e. The number of nitro benzene ring substituents is 1. The van der Waals surface area contributed by atoms with Gasteiger partial charge in [-0.3, -0.25) is 14.9 Å². The van der Waals surface area contributed by atoms with Gasteiger partial charge in [-0.1, -0.05) is 30.3 Å². The number of nitro groups is 1. The Kier molecular flexibility index (Phi) is 12.4. The number of nitrogens with zero attached hydrogens (tertiary/aromatic N) is 6. The molecule has 48 heavy (non-hydrogen) atoms. The van der Waals surface area contributed by atoms with Crippen LogP contribution in [0.1, 0.15) is 15.9 Å². The van der Waals surface area contributed by atoms with Crippen molar-refractivity contribution in [2.45, 2.75) is 6.54 Å². The van der Waals surface area contributed by atoms with Crippen molar-refractivity contribution in [3.63, 3.8) is 0 Å². The number of halogens is 1. The standard InChI is InChI=1S/C33H38FN9O5/c34-27-8-4-5-25(23-27)24-37-32-38-31(36-14-20-48-22-21-47-19-13-35-30(44)26-6-2-1-3-7-26)39-33(40-32)42-17-15-41(16-18-42)28-9-11-29(12-10-28)43(45)46/h1-12,23H,13-22,24H2,(H,35,44)(H2,36,37,38,39,40). The average molecular weight is 660 g/mol. The van der Waals surface area contributed by atoms with Crippen molar-refractivity contribution < 1.29 is 23.6 Å². The summed E-state index contributed by atoms with van der Waals surface area (Å²) in [6, 6.07) is 21.9. The number of rotatable bonds is 17. The largest absolute Gasteiger partial charge is 0.377 e. The molecule has 0 unspecified atom stereocenters. The van der Waals surface area contributed by atoms with E-state index < -0.39 is 4.92 Å². The minimum Gasteiger partial charge on any atom is -0.377 e. The Labute approximate surface area is 277 Å². The van der Waals surface area contributed by atoms with Gasteiger partial charge in [0, 0.05) is 69.2 Å². The summed E-state index contributed by atoms with van der Waals surface area (Å²) >= 11 is 0. The highest BCUT2D eigenvalue weighted by Gasteiger charge is 2.21. The first kappa shape index (κ1) is 33.9. The fourth-order valence-corrected chi connectivity index (χ4v) is 4.93. The molecule has 0 aliphatic carbocycles. The summed E-state index contributed by atoms with van der Waals surface area (Å²) in [5.74, 6) is 0.747. The van der Waals surface area contributed by atoms with Crippen molar-refractivity contribution >= 4 is 35.1 Å². The van der Waals surface area contributed by atoms with Crippen molar-refractivity contribution in [2.75, 3.05) is 86.1 Å². The summed E-state index contributed by atoms with van der Waals surface area (Å²) < 4.78 is 24.9. The zero-order valence-electron chi connectivity index (χ0n) is 26.4. The maximum absolute atomic E-state index is 13.7. The Bertz CT molecular complexity index is 1620. The Morgan fingerprint density at radius 2 is 1.46 bits per heavy atom. The summed E-state index contributed by atoms with van der Waals surface area (Å²) in [7, 11) is 0. The second-order valence-corrected chi connectivity index (χ2v) is 10.8. The minimum atomic E-state index is -0.409. The maximum atomic E-state index is 13.7. The number of hydrogen-bond acceptors (Lipinski definition) is 12. The number of non-ortho nitro benzene ring substituents is 1. The molecule has 3 aromatic carbocycles. The molecule has 1 aliphatic heterocycles. The zero-order valence-corrected chi connectivity index (χ0v) is 26.4. The van der Waals surface area contributed by atoms with Crippen LogP contribution in [0.2, 0.25) is 0 Å². The topological polar surface area (TPSA) is 160 Å². The van der Waals surface area contributed by atoms with E-state index >= 15 is 0 Å². The number of nitrogens with one attached hydrogen (secondary N) is 3. The van der Waals surface area contributed by atoms with Crippen LogP contribution in [0.25, 0.3) is 0 Å². The van der Waals surface area contributed by atoms with Crippen molar-refractivity contribution in [2.24, 2.45) is 0 Å². The summed E-state index contributed by atoms with van der Waals surface area (Å²) in [5.41, 5.74) is 2.32. The zero-order chi connectivity index (χ0) is 33.6. The van der Waals surface area contributed by atoms with Crippen LogP contribution in [0.5, 0.6) is 0 Å². The number of anilines is 4. The Hall–Kier alpha value is -5.41.